The van der Waals surface area contributed by atoms with Gasteiger partial charge in [-0.1, -0.05) is 24.2 Å². The summed E-state index contributed by atoms with van der Waals surface area (Å²) in [5.41, 5.74) is 4.64. The molecule has 1 aliphatic heterocycles. The Bertz CT molecular complexity index is 1000. The van der Waals surface area contributed by atoms with Crippen LogP contribution in [0, 0.1) is 0 Å². The van der Waals surface area contributed by atoms with Crippen LogP contribution in [0.25, 0.3) is 10.9 Å². The van der Waals surface area contributed by atoms with Crippen LogP contribution >= 0.6 is 11.6 Å². The number of nitrogens with zero attached hydrogens (tertiary/aromatic N) is 2. The smallest absolute Gasteiger partial charge is 0.247 e. The minimum atomic E-state index is -0.251. The van der Waals surface area contributed by atoms with Crippen molar-refractivity contribution in [2.24, 2.45) is 0 Å². The SMILES string of the molecule is C=CC(=O)Nc1ccc2c(C3CNc4cc(Cl)ccc43)ncnc2c1. The van der Waals surface area contributed by atoms with Crippen LogP contribution in [0.5, 0.6) is 0 Å². The average molecular weight is 351 g/mol. The van der Waals surface area contributed by atoms with E-state index in [1.54, 1.807) is 6.33 Å². The molecule has 2 aromatic carbocycles. The van der Waals surface area contributed by atoms with Crippen molar-refractivity contribution in [3.05, 3.63) is 71.7 Å². The molecule has 25 heavy (non-hydrogen) atoms. The van der Waals surface area contributed by atoms with E-state index in [1.807, 2.05) is 36.4 Å². The Kier molecular flexibility index (Phi) is 3.86. The minimum Gasteiger partial charge on any atom is -0.384 e. The monoisotopic (exact) mass is 350 g/mol. The molecule has 2 heterocycles. The number of carbonyl (C=O) groups excluding carboxylic acids is 1. The van der Waals surface area contributed by atoms with Gasteiger partial charge in [0.15, 0.2) is 0 Å². The maximum absolute atomic E-state index is 11.5. The second kappa shape index (κ2) is 6.18. The number of aromatic nitrogens is 2. The van der Waals surface area contributed by atoms with Gasteiger partial charge in [-0.2, -0.15) is 0 Å². The Labute approximate surface area is 149 Å². The first-order chi connectivity index (χ1) is 12.2. The fourth-order valence-electron chi connectivity index (χ4n) is 3.18. The first-order valence-corrected chi connectivity index (χ1v) is 8.25. The van der Waals surface area contributed by atoms with Gasteiger partial charge in [0.25, 0.3) is 0 Å². The van der Waals surface area contributed by atoms with Crippen LogP contribution in [-0.4, -0.2) is 22.4 Å². The van der Waals surface area contributed by atoms with Crippen LogP contribution in [-0.2, 0) is 4.79 Å². The van der Waals surface area contributed by atoms with Gasteiger partial charge in [0, 0.05) is 34.2 Å². The molecule has 0 bridgehead atoms. The highest BCUT2D eigenvalue weighted by Gasteiger charge is 2.26. The van der Waals surface area contributed by atoms with E-state index in [1.165, 1.54) is 11.6 Å². The standard InChI is InChI=1S/C19H15ClN4O/c1-2-18(25)24-12-4-6-14-17(8-12)22-10-23-19(14)15-9-21-16-7-11(20)3-5-13(15)16/h2-8,10,15,21H,1,9H2,(H,24,25). The van der Waals surface area contributed by atoms with Crippen LogP contribution in [0.15, 0.2) is 55.4 Å². The third kappa shape index (κ3) is 2.83. The molecule has 6 heteroatoms. The molecule has 124 valence electrons. The quantitative estimate of drug-likeness (QED) is 0.701. The van der Waals surface area contributed by atoms with E-state index in [2.05, 4.69) is 27.2 Å². The lowest BCUT2D eigenvalue weighted by Crippen LogP contribution is -2.09. The third-order valence-electron chi connectivity index (χ3n) is 4.34. The van der Waals surface area contributed by atoms with Gasteiger partial charge in [-0.3, -0.25) is 4.79 Å². The second-order valence-corrected chi connectivity index (χ2v) is 6.29. The average Bonchev–Trinajstić information content (AvgIpc) is 3.03. The zero-order valence-electron chi connectivity index (χ0n) is 13.3. The predicted octanol–water partition coefficient (Wildman–Crippen LogP) is 3.97. The van der Waals surface area contributed by atoms with Crippen LogP contribution in [0.4, 0.5) is 11.4 Å². The van der Waals surface area contributed by atoms with Crippen LogP contribution in [0.3, 0.4) is 0 Å². The van der Waals surface area contributed by atoms with Crippen molar-refractivity contribution in [2.75, 3.05) is 17.2 Å². The number of benzene rings is 2. The first-order valence-electron chi connectivity index (χ1n) is 7.87. The number of fused-ring (bicyclic) bond motifs is 2. The highest BCUT2D eigenvalue weighted by molar-refractivity contribution is 6.30. The summed E-state index contributed by atoms with van der Waals surface area (Å²) in [4.78, 5) is 20.4. The lowest BCUT2D eigenvalue weighted by atomic mass is 9.94. The molecule has 0 aliphatic carbocycles. The Balaban J connectivity index is 1.77. The molecule has 5 nitrogen and oxygen atoms in total. The van der Waals surface area contributed by atoms with Crippen LogP contribution in [0.2, 0.25) is 5.02 Å². The summed E-state index contributed by atoms with van der Waals surface area (Å²) in [6, 6.07) is 11.5. The van der Waals surface area contributed by atoms with E-state index in [0.717, 1.165) is 28.8 Å². The largest absolute Gasteiger partial charge is 0.384 e. The van der Waals surface area contributed by atoms with Crippen molar-refractivity contribution in [3.63, 3.8) is 0 Å². The van der Waals surface area contributed by atoms with Gasteiger partial charge in [0.05, 0.1) is 11.2 Å². The Morgan fingerprint density at radius 2 is 2.16 bits per heavy atom. The zero-order chi connectivity index (χ0) is 17.4. The normalized spacial score (nSPS) is 15.5. The minimum absolute atomic E-state index is 0.131. The summed E-state index contributed by atoms with van der Waals surface area (Å²) < 4.78 is 0. The maximum atomic E-state index is 11.5. The number of hydrogen-bond acceptors (Lipinski definition) is 4. The molecular weight excluding hydrogens is 336 g/mol. The fraction of sp³-hybridized carbons (Fsp3) is 0.105. The molecule has 4 rings (SSSR count). The van der Waals surface area contributed by atoms with Crippen molar-refractivity contribution in [1.29, 1.82) is 0 Å². The molecule has 1 atom stereocenters. The van der Waals surface area contributed by atoms with Crippen molar-refractivity contribution >= 4 is 39.8 Å². The Morgan fingerprint density at radius 1 is 1.28 bits per heavy atom. The Morgan fingerprint density at radius 3 is 3.00 bits per heavy atom. The van der Waals surface area contributed by atoms with E-state index in [4.69, 9.17) is 11.6 Å². The van der Waals surface area contributed by atoms with Gasteiger partial charge in [-0.05, 0) is 42.0 Å². The van der Waals surface area contributed by atoms with Crippen LogP contribution in [0.1, 0.15) is 17.2 Å². The lowest BCUT2D eigenvalue weighted by molar-refractivity contribution is -0.111. The molecule has 1 aliphatic rings. The molecule has 0 saturated carbocycles. The van der Waals surface area contributed by atoms with Gasteiger partial charge in [0.2, 0.25) is 5.91 Å². The topological polar surface area (TPSA) is 66.9 Å². The van der Waals surface area contributed by atoms with Gasteiger partial charge in [0.1, 0.15) is 6.33 Å². The van der Waals surface area contributed by atoms with Crippen molar-refractivity contribution < 1.29 is 4.79 Å². The summed E-state index contributed by atoms with van der Waals surface area (Å²) >= 11 is 6.08. The molecule has 0 radical (unpaired) electrons. The molecule has 3 aromatic rings. The molecule has 1 aromatic heterocycles. The molecule has 0 spiro atoms. The molecule has 0 fully saturated rings. The summed E-state index contributed by atoms with van der Waals surface area (Å²) in [5, 5.41) is 7.81. The van der Waals surface area contributed by atoms with E-state index in [9.17, 15) is 4.79 Å². The lowest BCUT2D eigenvalue weighted by Gasteiger charge is -2.13. The van der Waals surface area contributed by atoms with Gasteiger partial charge >= 0.3 is 0 Å². The predicted molar refractivity (Wildman–Crippen MR) is 100 cm³/mol. The van der Waals surface area contributed by atoms with Gasteiger partial charge in [-0.25, -0.2) is 9.97 Å². The highest BCUT2D eigenvalue weighted by atomic mass is 35.5. The second-order valence-electron chi connectivity index (χ2n) is 5.85. The molecule has 0 saturated heterocycles. The molecule has 1 unspecified atom stereocenters. The summed E-state index contributed by atoms with van der Waals surface area (Å²) in [5.74, 6) is -0.120. The number of rotatable bonds is 3. The van der Waals surface area contributed by atoms with Crippen molar-refractivity contribution in [3.8, 4) is 0 Å². The third-order valence-corrected chi connectivity index (χ3v) is 4.57. The number of anilines is 2. The number of carbonyl (C=O) groups is 1. The zero-order valence-corrected chi connectivity index (χ0v) is 14.0. The van der Waals surface area contributed by atoms with Crippen molar-refractivity contribution in [1.82, 2.24) is 9.97 Å². The van der Waals surface area contributed by atoms with E-state index in [-0.39, 0.29) is 11.8 Å². The summed E-state index contributed by atoms with van der Waals surface area (Å²) in [6.07, 6.45) is 2.80. The van der Waals surface area contributed by atoms with Crippen molar-refractivity contribution in [2.45, 2.75) is 5.92 Å². The number of nitrogens with one attached hydrogen (secondary N) is 2. The molecular formula is C19H15ClN4O. The van der Waals surface area contributed by atoms with E-state index < -0.39 is 0 Å². The first kappa shape index (κ1) is 15.6. The Hall–Kier alpha value is -2.92. The van der Waals surface area contributed by atoms with Gasteiger partial charge < -0.3 is 10.6 Å². The number of amides is 1. The fourth-order valence-corrected chi connectivity index (χ4v) is 3.35. The number of halogens is 1. The maximum Gasteiger partial charge on any atom is 0.247 e. The van der Waals surface area contributed by atoms with Gasteiger partial charge in [-0.15, -0.1) is 0 Å². The summed E-state index contributed by atoms with van der Waals surface area (Å²) in [6.45, 7) is 4.22. The van der Waals surface area contributed by atoms with E-state index >= 15 is 0 Å². The number of hydrogen-bond donors (Lipinski definition) is 2. The molecule has 1 amide bonds. The molecule has 2 N–H and O–H groups in total. The van der Waals surface area contributed by atoms with E-state index in [0.29, 0.717) is 10.7 Å². The highest BCUT2D eigenvalue weighted by Crippen LogP contribution is 2.39. The van der Waals surface area contributed by atoms with Crippen LogP contribution < -0.4 is 10.6 Å². The summed E-state index contributed by atoms with van der Waals surface area (Å²) in [7, 11) is 0.